The summed E-state index contributed by atoms with van der Waals surface area (Å²) in [5.41, 5.74) is 6.75. The van der Waals surface area contributed by atoms with Gasteiger partial charge in [-0.25, -0.2) is 4.39 Å². The first-order valence-electron chi connectivity index (χ1n) is 13.1. The monoisotopic (exact) mass is 513 g/mol. The molecule has 5 nitrogen and oxygen atoms in total. The molecule has 0 atom stereocenters. The van der Waals surface area contributed by atoms with Gasteiger partial charge in [0.2, 0.25) is 0 Å². The number of ether oxygens (including phenoxy) is 1. The summed E-state index contributed by atoms with van der Waals surface area (Å²) in [7, 11) is 0. The van der Waals surface area contributed by atoms with E-state index in [2.05, 4.69) is 73.2 Å². The first kappa shape index (κ1) is 27.1. The number of esters is 1. The summed E-state index contributed by atoms with van der Waals surface area (Å²) in [6.45, 7) is 9.88. The molecule has 0 fully saturated rings. The van der Waals surface area contributed by atoms with Crippen molar-refractivity contribution in [2.45, 2.75) is 59.0 Å². The Morgan fingerprint density at radius 2 is 1.68 bits per heavy atom. The van der Waals surface area contributed by atoms with Gasteiger partial charge in [0, 0.05) is 24.1 Å². The lowest BCUT2D eigenvalue weighted by atomic mass is 9.92. The molecule has 6 heteroatoms. The second kappa shape index (κ2) is 12.1. The molecule has 1 heterocycles. The summed E-state index contributed by atoms with van der Waals surface area (Å²) in [6, 6.07) is 26.0. The van der Waals surface area contributed by atoms with E-state index >= 15 is 0 Å². The van der Waals surface area contributed by atoms with Gasteiger partial charge in [-0.3, -0.25) is 9.48 Å². The number of carbonyl (C=O) groups excluding carboxylic acids is 1. The van der Waals surface area contributed by atoms with Crippen molar-refractivity contribution in [2.24, 2.45) is 0 Å². The Kier molecular flexibility index (Phi) is 8.62. The zero-order valence-electron chi connectivity index (χ0n) is 22.6. The van der Waals surface area contributed by atoms with Gasteiger partial charge in [0.15, 0.2) is 0 Å². The maximum atomic E-state index is 14.5. The fourth-order valence-corrected chi connectivity index (χ4v) is 4.21. The van der Waals surface area contributed by atoms with Crippen molar-refractivity contribution >= 4 is 11.7 Å². The number of nitrogens with zero attached hydrogens (tertiary/aromatic N) is 2. The number of carbonyl (C=O) groups is 1. The van der Waals surface area contributed by atoms with E-state index in [1.165, 1.54) is 6.07 Å². The van der Waals surface area contributed by atoms with E-state index in [0.29, 0.717) is 37.4 Å². The zero-order chi connectivity index (χ0) is 27.1. The Labute approximate surface area is 224 Å². The molecule has 1 N–H and O–H groups in total. The van der Waals surface area contributed by atoms with Gasteiger partial charge < -0.3 is 10.1 Å². The summed E-state index contributed by atoms with van der Waals surface area (Å²) >= 11 is 0. The van der Waals surface area contributed by atoms with Crippen LogP contribution in [-0.2, 0) is 34.5 Å². The molecule has 0 saturated heterocycles. The van der Waals surface area contributed by atoms with Crippen LogP contribution < -0.4 is 5.32 Å². The minimum Gasteiger partial charge on any atom is -0.466 e. The average molecular weight is 514 g/mol. The molecule has 0 aliphatic rings. The molecular formula is C32H36FN3O2. The van der Waals surface area contributed by atoms with Gasteiger partial charge in [-0.05, 0) is 53.8 Å². The molecule has 0 aliphatic carbocycles. The number of halogens is 1. The van der Waals surface area contributed by atoms with Gasteiger partial charge in [0.1, 0.15) is 5.82 Å². The van der Waals surface area contributed by atoms with Crippen LogP contribution in [0.1, 0.15) is 56.5 Å². The second-order valence-corrected chi connectivity index (χ2v) is 10.5. The maximum Gasteiger partial charge on any atom is 0.306 e. The topological polar surface area (TPSA) is 56.1 Å². The highest BCUT2D eigenvalue weighted by Gasteiger charge is 2.20. The minimum absolute atomic E-state index is 0.0388. The molecule has 0 amide bonds. The smallest absolute Gasteiger partial charge is 0.306 e. The summed E-state index contributed by atoms with van der Waals surface area (Å²) in [6.07, 6.45) is 0.499. The van der Waals surface area contributed by atoms with Crippen LogP contribution in [0, 0.1) is 5.82 Å². The normalized spacial score (nSPS) is 11.4. The van der Waals surface area contributed by atoms with E-state index in [0.717, 1.165) is 28.1 Å². The lowest BCUT2D eigenvalue weighted by Crippen LogP contribution is -2.13. The molecule has 0 aliphatic heterocycles. The standard InChI is InChI=1S/C32H36FN3O2/c1-5-38-31(37)18-16-25-15-17-27(19-28(25)33)34-21-23-11-13-24(14-12-23)22-36-29(26-9-7-6-8-10-26)20-30(35-36)32(2,3)4/h6-15,17,19-20,34H,5,16,18,21-22H2,1-4H3. The van der Waals surface area contributed by atoms with Crippen molar-refractivity contribution in [3.8, 4) is 11.3 Å². The number of nitrogens with one attached hydrogen (secondary N) is 1. The highest BCUT2D eigenvalue weighted by molar-refractivity contribution is 5.69. The number of hydrogen-bond acceptors (Lipinski definition) is 4. The summed E-state index contributed by atoms with van der Waals surface area (Å²) < 4.78 is 21.5. The molecule has 4 aromatic rings. The summed E-state index contributed by atoms with van der Waals surface area (Å²) in [5.74, 6) is -0.631. The Morgan fingerprint density at radius 1 is 0.974 bits per heavy atom. The largest absolute Gasteiger partial charge is 0.466 e. The predicted octanol–water partition coefficient (Wildman–Crippen LogP) is 7.14. The van der Waals surface area contributed by atoms with Crippen molar-refractivity contribution in [3.05, 3.63) is 107 Å². The van der Waals surface area contributed by atoms with Crippen molar-refractivity contribution in [1.29, 1.82) is 0 Å². The Hall–Kier alpha value is -3.93. The van der Waals surface area contributed by atoms with E-state index in [-0.39, 0.29) is 23.6 Å². The third kappa shape index (κ3) is 7.09. The molecule has 1 aromatic heterocycles. The minimum atomic E-state index is -0.322. The number of aromatic nitrogens is 2. The van der Waals surface area contributed by atoms with Gasteiger partial charge in [-0.2, -0.15) is 5.10 Å². The predicted molar refractivity (Wildman–Crippen MR) is 151 cm³/mol. The summed E-state index contributed by atoms with van der Waals surface area (Å²) in [4.78, 5) is 11.5. The number of hydrogen-bond donors (Lipinski definition) is 1. The van der Waals surface area contributed by atoms with Crippen LogP contribution in [0.4, 0.5) is 10.1 Å². The van der Waals surface area contributed by atoms with Gasteiger partial charge in [-0.15, -0.1) is 0 Å². The molecule has 38 heavy (non-hydrogen) atoms. The fraction of sp³-hybridized carbons (Fsp3) is 0.312. The van der Waals surface area contributed by atoms with Gasteiger partial charge in [0.05, 0.1) is 24.5 Å². The van der Waals surface area contributed by atoms with E-state index in [9.17, 15) is 9.18 Å². The Bertz CT molecular complexity index is 1360. The molecule has 0 bridgehead atoms. The highest BCUT2D eigenvalue weighted by atomic mass is 19.1. The SMILES string of the molecule is CCOC(=O)CCc1ccc(NCc2ccc(Cn3nc(C(C)(C)C)cc3-c3ccccc3)cc2)cc1F. The van der Waals surface area contributed by atoms with Gasteiger partial charge in [-0.1, -0.05) is 81.4 Å². The van der Waals surface area contributed by atoms with E-state index < -0.39 is 0 Å². The molecule has 0 spiro atoms. The van der Waals surface area contributed by atoms with Crippen molar-refractivity contribution in [2.75, 3.05) is 11.9 Å². The van der Waals surface area contributed by atoms with Crippen LogP contribution in [0.25, 0.3) is 11.3 Å². The van der Waals surface area contributed by atoms with Crippen molar-refractivity contribution in [1.82, 2.24) is 9.78 Å². The van der Waals surface area contributed by atoms with Crippen LogP contribution in [0.3, 0.4) is 0 Å². The van der Waals surface area contributed by atoms with E-state index in [4.69, 9.17) is 9.84 Å². The van der Waals surface area contributed by atoms with Crippen molar-refractivity contribution in [3.63, 3.8) is 0 Å². The molecule has 3 aromatic carbocycles. The maximum absolute atomic E-state index is 14.5. The number of anilines is 1. The molecule has 198 valence electrons. The summed E-state index contributed by atoms with van der Waals surface area (Å²) in [5, 5.41) is 8.23. The number of aryl methyl sites for hydroxylation is 1. The van der Waals surface area contributed by atoms with Gasteiger partial charge in [0.25, 0.3) is 0 Å². The van der Waals surface area contributed by atoms with Crippen molar-refractivity contribution < 1.29 is 13.9 Å². The average Bonchev–Trinajstić information content (AvgIpc) is 3.33. The number of rotatable bonds is 10. The van der Waals surface area contributed by atoms with E-state index in [1.807, 2.05) is 24.3 Å². The number of benzene rings is 3. The first-order chi connectivity index (χ1) is 18.2. The zero-order valence-corrected chi connectivity index (χ0v) is 22.6. The molecule has 4 rings (SSSR count). The fourth-order valence-electron chi connectivity index (χ4n) is 4.21. The third-order valence-electron chi connectivity index (χ3n) is 6.43. The quantitative estimate of drug-likeness (QED) is 0.229. The second-order valence-electron chi connectivity index (χ2n) is 10.5. The highest BCUT2D eigenvalue weighted by Crippen LogP contribution is 2.28. The van der Waals surface area contributed by atoms with Crippen LogP contribution in [0.5, 0.6) is 0 Å². The Balaban J connectivity index is 1.39. The molecule has 0 saturated carbocycles. The Morgan fingerprint density at radius 3 is 2.34 bits per heavy atom. The van der Waals surface area contributed by atoms with Crippen LogP contribution >= 0.6 is 0 Å². The first-order valence-corrected chi connectivity index (χ1v) is 13.1. The van der Waals surface area contributed by atoms with Crippen LogP contribution in [0.15, 0.2) is 78.9 Å². The lowest BCUT2D eigenvalue weighted by Gasteiger charge is -2.14. The molecule has 0 radical (unpaired) electrons. The van der Waals surface area contributed by atoms with Gasteiger partial charge >= 0.3 is 5.97 Å². The van der Waals surface area contributed by atoms with E-state index in [1.54, 1.807) is 13.0 Å². The molecule has 0 unspecified atom stereocenters. The van der Waals surface area contributed by atoms with Crippen LogP contribution in [0.2, 0.25) is 0 Å². The van der Waals surface area contributed by atoms with Crippen LogP contribution in [-0.4, -0.2) is 22.4 Å². The molecular weight excluding hydrogens is 477 g/mol. The lowest BCUT2D eigenvalue weighted by molar-refractivity contribution is -0.143. The third-order valence-corrected chi connectivity index (χ3v) is 6.43.